The van der Waals surface area contributed by atoms with Crippen molar-refractivity contribution < 1.29 is 0 Å². The smallest absolute Gasteiger partial charge is 0.0457 e. The fraction of sp³-hybridized carbons (Fsp3) is 0.429. The molecule has 0 saturated heterocycles. The fourth-order valence-corrected chi connectivity index (χ4v) is 2.10. The SMILES string of the molecule is CC(C)CC[C@H](N)c1cccc2[nH]ccc12.Cl. The first kappa shape index (κ1) is 14.1. The monoisotopic (exact) mass is 252 g/mol. The van der Waals surface area contributed by atoms with Gasteiger partial charge < -0.3 is 10.7 Å². The highest BCUT2D eigenvalue weighted by atomic mass is 35.5. The number of nitrogens with two attached hydrogens (primary N) is 1. The van der Waals surface area contributed by atoms with Crippen molar-refractivity contribution in [3.8, 4) is 0 Å². The number of hydrogen-bond acceptors (Lipinski definition) is 1. The van der Waals surface area contributed by atoms with Crippen LogP contribution < -0.4 is 5.73 Å². The van der Waals surface area contributed by atoms with E-state index in [1.807, 2.05) is 6.20 Å². The molecule has 3 heteroatoms. The minimum atomic E-state index is 0. The molecule has 0 aliphatic heterocycles. The van der Waals surface area contributed by atoms with Crippen molar-refractivity contribution in [2.45, 2.75) is 32.7 Å². The van der Waals surface area contributed by atoms with Gasteiger partial charge in [-0.15, -0.1) is 12.4 Å². The maximum absolute atomic E-state index is 6.25. The summed E-state index contributed by atoms with van der Waals surface area (Å²) in [6.45, 7) is 4.48. The molecule has 0 bridgehead atoms. The van der Waals surface area contributed by atoms with Gasteiger partial charge in [-0.2, -0.15) is 0 Å². The van der Waals surface area contributed by atoms with Gasteiger partial charge in [0.15, 0.2) is 0 Å². The lowest BCUT2D eigenvalue weighted by Gasteiger charge is -2.14. The molecule has 1 aromatic heterocycles. The molecule has 17 heavy (non-hydrogen) atoms. The summed E-state index contributed by atoms with van der Waals surface area (Å²) in [6.07, 6.45) is 4.22. The molecule has 1 atom stereocenters. The molecule has 0 saturated carbocycles. The Labute approximate surface area is 109 Å². The molecule has 3 N–H and O–H groups in total. The lowest BCUT2D eigenvalue weighted by atomic mass is 9.96. The van der Waals surface area contributed by atoms with Crippen molar-refractivity contribution in [3.05, 3.63) is 36.0 Å². The van der Waals surface area contributed by atoms with Crippen molar-refractivity contribution in [1.82, 2.24) is 4.98 Å². The summed E-state index contributed by atoms with van der Waals surface area (Å²) in [5.74, 6) is 0.719. The van der Waals surface area contributed by atoms with E-state index in [1.54, 1.807) is 0 Å². The lowest BCUT2D eigenvalue weighted by molar-refractivity contribution is 0.508. The molecule has 1 heterocycles. The Balaban J connectivity index is 0.00000144. The number of benzene rings is 1. The van der Waals surface area contributed by atoms with E-state index in [1.165, 1.54) is 22.9 Å². The van der Waals surface area contributed by atoms with Gasteiger partial charge >= 0.3 is 0 Å². The van der Waals surface area contributed by atoms with Gasteiger partial charge in [0, 0.05) is 23.1 Å². The van der Waals surface area contributed by atoms with E-state index in [2.05, 4.69) is 43.1 Å². The number of aromatic nitrogens is 1. The number of fused-ring (bicyclic) bond motifs is 1. The maximum Gasteiger partial charge on any atom is 0.0457 e. The van der Waals surface area contributed by atoms with Crippen LogP contribution in [0, 0.1) is 5.92 Å². The molecule has 0 fully saturated rings. The first-order valence-electron chi connectivity index (χ1n) is 6.00. The van der Waals surface area contributed by atoms with Crippen LogP contribution in [0.5, 0.6) is 0 Å². The molecule has 0 aliphatic carbocycles. The molecule has 0 unspecified atom stereocenters. The van der Waals surface area contributed by atoms with Gasteiger partial charge in [-0.3, -0.25) is 0 Å². The normalized spacial score (nSPS) is 12.7. The molecule has 94 valence electrons. The zero-order valence-electron chi connectivity index (χ0n) is 10.4. The third kappa shape index (κ3) is 3.24. The van der Waals surface area contributed by atoms with Gasteiger partial charge in [0.1, 0.15) is 0 Å². The zero-order chi connectivity index (χ0) is 11.5. The Kier molecular flexibility index (Phi) is 5.03. The molecule has 2 nitrogen and oxygen atoms in total. The van der Waals surface area contributed by atoms with Gasteiger partial charge in [0.2, 0.25) is 0 Å². The number of rotatable bonds is 4. The summed E-state index contributed by atoms with van der Waals surface area (Å²) in [4.78, 5) is 3.22. The second kappa shape index (κ2) is 6.08. The van der Waals surface area contributed by atoms with E-state index in [-0.39, 0.29) is 18.4 Å². The molecule has 0 aliphatic rings. The average molecular weight is 253 g/mol. The van der Waals surface area contributed by atoms with Gasteiger partial charge in [-0.25, -0.2) is 0 Å². The van der Waals surface area contributed by atoms with Crippen LogP contribution >= 0.6 is 12.4 Å². The molecule has 0 amide bonds. The van der Waals surface area contributed by atoms with Crippen LogP contribution in [-0.2, 0) is 0 Å². The van der Waals surface area contributed by atoms with E-state index in [0.717, 1.165) is 12.3 Å². The predicted molar refractivity (Wildman–Crippen MR) is 76.5 cm³/mol. The molecule has 0 spiro atoms. The number of nitrogens with one attached hydrogen (secondary N) is 1. The molecule has 0 radical (unpaired) electrons. The number of aromatic amines is 1. The first-order valence-corrected chi connectivity index (χ1v) is 6.00. The van der Waals surface area contributed by atoms with E-state index < -0.39 is 0 Å². The molecular formula is C14H21ClN2. The highest BCUT2D eigenvalue weighted by molar-refractivity contribution is 5.85. The van der Waals surface area contributed by atoms with Gasteiger partial charge in [-0.05, 0) is 36.5 Å². The van der Waals surface area contributed by atoms with Crippen LogP contribution in [0.1, 0.15) is 38.3 Å². The summed E-state index contributed by atoms with van der Waals surface area (Å²) >= 11 is 0. The van der Waals surface area contributed by atoms with Crippen molar-refractivity contribution in [3.63, 3.8) is 0 Å². The second-order valence-electron chi connectivity index (χ2n) is 4.86. The molecule has 2 aromatic rings. The maximum atomic E-state index is 6.25. The highest BCUT2D eigenvalue weighted by Gasteiger charge is 2.10. The van der Waals surface area contributed by atoms with Crippen molar-refractivity contribution in [2.75, 3.05) is 0 Å². The second-order valence-corrected chi connectivity index (χ2v) is 4.86. The van der Waals surface area contributed by atoms with Crippen molar-refractivity contribution in [1.29, 1.82) is 0 Å². The minimum absolute atomic E-state index is 0. The summed E-state index contributed by atoms with van der Waals surface area (Å²) in [6, 6.07) is 8.57. The average Bonchev–Trinajstić information content (AvgIpc) is 2.73. The molecular weight excluding hydrogens is 232 g/mol. The van der Waals surface area contributed by atoms with Gasteiger partial charge in [-0.1, -0.05) is 26.0 Å². The molecule has 1 aromatic carbocycles. The third-order valence-electron chi connectivity index (χ3n) is 3.08. The van der Waals surface area contributed by atoms with Gasteiger partial charge in [0.25, 0.3) is 0 Å². The Morgan fingerprint density at radius 2 is 1.94 bits per heavy atom. The van der Waals surface area contributed by atoms with E-state index in [4.69, 9.17) is 5.73 Å². The van der Waals surface area contributed by atoms with Crippen LogP contribution in [0.15, 0.2) is 30.5 Å². The largest absolute Gasteiger partial charge is 0.361 e. The minimum Gasteiger partial charge on any atom is -0.361 e. The van der Waals surface area contributed by atoms with Crippen molar-refractivity contribution >= 4 is 23.3 Å². The Morgan fingerprint density at radius 3 is 2.65 bits per heavy atom. The summed E-state index contributed by atoms with van der Waals surface area (Å²) in [5, 5.41) is 1.26. The Morgan fingerprint density at radius 1 is 1.18 bits per heavy atom. The van der Waals surface area contributed by atoms with Crippen LogP contribution in [-0.4, -0.2) is 4.98 Å². The summed E-state index contributed by atoms with van der Waals surface area (Å²) in [7, 11) is 0. The Hall–Kier alpha value is -0.990. The van der Waals surface area contributed by atoms with Gasteiger partial charge in [0.05, 0.1) is 0 Å². The topological polar surface area (TPSA) is 41.8 Å². The van der Waals surface area contributed by atoms with E-state index in [9.17, 15) is 0 Å². The lowest BCUT2D eigenvalue weighted by Crippen LogP contribution is -2.11. The van der Waals surface area contributed by atoms with Crippen LogP contribution in [0.3, 0.4) is 0 Å². The number of H-pyrrole nitrogens is 1. The van der Waals surface area contributed by atoms with Crippen LogP contribution in [0.4, 0.5) is 0 Å². The highest BCUT2D eigenvalue weighted by Crippen LogP contribution is 2.25. The number of halogens is 1. The first-order chi connectivity index (χ1) is 7.68. The van der Waals surface area contributed by atoms with E-state index in [0.29, 0.717) is 0 Å². The Bertz CT molecular complexity index is 462. The van der Waals surface area contributed by atoms with Crippen LogP contribution in [0.25, 0.3) is 10.9 Å². The fourth-order valence-electron chi connectivity index (χ4n) is 2.10. The van der Waals surface area contributed by atoms with Crippen LogP contribution in [0.2, 0.25) is 0 Å². The third-order valence-corrected chi connectivity index (χ3v) is 3.08. The summed E-state index contributed by atoms with van der Waals surface area (Å²) < 4.78 is 0. The summed E-state index contributed by atoms with van der Waals surface area (Å²) in [5.41, 5.74) is 8.70. The quantitative estimate of drug-likeness (QED) is 0.848. The predicted octanol–water partition coefficient (Wildman–Crippen LogP) is 4.03. The standard InChI is InChI=1S/C14H20N2.ClH/c1-10(2)6-7-13(15)11-4-3-5-14-12(11)8-9-16-14;/h3-5,8-10,13,16H,6-7,15H2,1-2H3;1H/t13-;/m0./s1. The number of hydrogen-bond donors (Lipinski definition) is 2. The molecule has 2 rings (SSSR count). The zero-order valence-corrected chi connectivity index (χ0v) is 11.3. The van der Waals surface area contributed by atoms with Crippen molar-refractivity contribution in [2.24, 2.45) is 11.7 Å². The van der Waals surface area contributed by atoms with E-state index >= 15 is 0 Å².